The average Bonchev–Trinajstić information content (AvgIpc) is 2.26. The minimum atomic E-state index is -4.73. The van der Waals surface area contributed by atoms with Crippen LogP contribution in [0.1, 0.15) is 5.56 Å². The van der Waals surface area contributed by atoms with Gasteiger partial charge in [-0.05, 0) is 18.2 Å². The molecule has 0 unspecified atom stereocenters. The van der Waals surface area contributed by atoms with Crippen molar-refractivity contribution in [3.05, 3.63) is 28.8 Å². The molecule has 11 heteroatoms. The highest BCUT2D eigenvalue weighted by Crippen LogP contribution is 2.33. The van der Waals surface area contributed by atoms with Crippen molar-refractivity contribution < 1.29 is 31.2 Å². The van der Waals surface area contributed by atoms with Crippen LogP contribution < -0.4 is 10.6 Å². The first-order valence-electron chi connectivity index (χ1n) is 4.82. The van der Waals surface area contributed by atoms with E-state index in [0.29, 0.717) is 12.1 Å². The van der Waals surface area contributed by atoms with Gasteiger partial charge in [-0.2, -0.15) is 13.2 Å². The Morgan fingerprint density at radius 1 is 1.40 bits per heavy atom. The molecule has 1 aromatic carbocycles. The van der Waals surface area contributed by atoms with Crippen molar-refractivity contribution in [1.82, 2.24) is 4.89 Å². The van der Waals surface area contributed by atoms with Crippen LogP contribution in [0, 0.1) is 0 Å². The first-order valence-corrected chi connectivity index (χ1v) is 6.69. The van der Waals surface area contributed by atoms with Crippen LogP contribution >= 0.6 is 11.6 Å². The van der Waals surface area contributed by atoms with E-state index in [0.717, 1.165) is 6.07 Å². The number of sulfonamides is 1. The second-order valence-corrected chi connectivity index (χ2v) is 5.51. The van der Waals surface area contributed by atoms with E-state index in [4.69, 9.17) is 17.3 Å². The Labute approximate surface area is 116 Å². The average molecular weight is 333 g/mol. The highest BCUT2D eigenvalue weighted by atomic mass is 35.5. The molecule has 0 heterocycles. The van der Waals surface area contributed by atoms with Gasteiger partial charge >= 0.3 is 6.18 Å². The molecule has 0 saturated heterocycles. The minimum absolute atomic E-state index is 0.346. The fourth-order valence-corrected chi connectivity index (χ4v) is 2.44. The quantitative estimate of drug-likeness (QED) is 0.787. The summed E-state index contributed by atoms with van der Waals surface area (Å²) in [4.78, 5) is 15.2. The van der Waals surface area contributed by atoms with Crippen molar-refractivity contribution in [3.8, 4) is 0 Å². The smallest absolute Gasteiger partial charge is 0.368 e. The van der Waals surface area contributed by atoms with Crippen LogP contribution in [0.25, 0.3) is 0 Å². The third-order valence-electron chi connectivity index (χ3n) is 1.93. The summed E-state index contributed by atoms with van der Waals surface area (Å²) in [7, 11) is -4.48. The Hall–Kier alpha value is -1.36. The number of alkyl halides is 3. The molecule has 3 N–H and O–H groups in total. The van der Waals surface area contributed by atoms with Crippen molar-refractivity contribution in [2.45, 2.75) is 11.1 Å². The van der Waals surface area contributed by atoms with Gasteiger partial charge in [0.05, 0.1) is 10.6 Å². The SMILES string of the molecule is NC(=O)CONS(=O)(=O)c1cc(C(F)(F)F)ccc1Cl. The number of hydrogen-bond donors (Lipinski definition) is 2. The number of nitrogens with one attached hydrogen (secondary N) is 1. The number of benzene rings is 1. The summed E-state index contributed by atoms with van der Waals surface area (Å²) in [6.45, 7) is -0.782. The second-order valence-electron chi connectivity index (χ2n) is 3.48. The van der Waals surface area contributed by atoms with Crippen molar-refractivity contribution >= 4 is 27.5 Å². The largest absolute Gasteiger partial charge is 0.416 e. The first-order chi connectivity index (χ1) is 9.04. The zero-order valence-electron chi connectivity index (χ0n) is 9.57. The Morgan fingerprint density at radius 3 is 2.50 bits per heavy atom. The van der Waals surface area contributed by atoms with E-state index in [-0.39, 0.29) is 0 Å². The normalized spacial score (nSPS) is 12.4. The topological polar surface area (TPSA) is 98.5 Å². The molecule has 0 bridgehead atoms. The summed E-state index contributed by atoms with van der Waals surface area (Å²) in [5, 5.41) is -0.437. The molecule has 6 nitrogen and oxygen atoms in total. The molecule has 20 heavy (non-hydrogen) atoms. The molecule has 0 atom stereocenters. The standard InChI is InChI=1S/C9H8ClF3N2O4S/c10-6-2-1-5(9(11,12)13)3-7(6)20(17,18)15-19-4-8(14)16/h1-3,15H,4H2,(H2,14,16). The Bertz CT molecular complexity index is 618. The zero-order valence-corrected chi connectivity index (χ0v) is 11.1. The molecule has 112 valence electrons. The molecular weight excluding hydrogens is 325 g/mol. The number of carbonyl (C=O) groups is 1. The maximum Gasteiger partial charge on any atom is 0.416 e. The number of halogens is 4. The van der Waals surface area contributed by atoms with Gasteiger partial charge in [0.15, 0.2) is 0 Å². The molecule has 1 amide bonds. The second kappa shape index (κ2) is 5.95. The fraction of sp³-hybridized carbons (Fsp3) is 0.222. The van der Waals surface area contributed by atoms with Crippen LogP contribution in [-0.4, -0.2) is 20.9 Å². The van der Waals surface area contributed by atoms with Crippen LogP contribution in [0.15, 0.2) is 23.1 Å². The van der Waals surface area contributed by atoms with Gasteiger partial charge in [0.2, 0.25) is 5.91 Å². The molecule has 1 rings (SSSR count). The van der Waals surface area contributed by atoms with E-state index in [2.05, 4.69) is 4.84 Å². The number of carbonyl (C=O) groups excluding carboxylic acids is 1. The van der Waals surface area contributed by atoms with E-state index < -0.39 is 44.2 Å². The molecule has 0 aliphatic carbocycles. The van der Waals surface area contributed by atoms with E-state index in [1.54, 1.807) is 0 Å². The highest BCUT2D eigenvalue weighted by molar-refractivity contribution is 7.89. The van der Waals surface area contributed by atoms with E-state index >= 15 is 0 Å². The molecule has 0 aliphatic heterocycles. The van der Waals surface area contributed by atoms with E-state index in [9.17, 15) is 26.4 Å². The van der Waals surface area contributed by atoms with Crippen molar-refractivity contribution in [2.24, 2.45) is 5.73 Å². The minimum Gasteiger partial charge on any atom is -0.368 e. The maximum absolute atomic E-state index is 12.5. The van der Waals surface area contributed by atoms with Gasteiger partial charge in [0.25, 0.3) is 10.0 Å². The van der Waals surface area contributed by atoms with Gasteiger partial charge in [-0.15, -0.1) is 0 Å². The third-order valence-corrected chi connectivity index (χ3v) is 3.63. The molecule has 0 aromatic heterocycles. The highest BCUT2D eigenvalue weighted by Gasteiger charge is 2.32. The summed E-state index contributed by atoms with van der Waals surface area (Å²) < 4.78 is 60.8. The van der Waals surface area contributed by atoms with Crippen LogP contribution in [0.5, 0.6) is 0 Å². The Kier molecular flexibility index (Phi) is 4.97. The van der Waals surface area contributed by atoms with Gasteiger partial charge in [0.1, 0.15) is 11.5 Å². The maximum atomic E-state index is 12.5. The summed E-state index contributed by atoms with van der Waals surface area (Å²) >= 11 is 5.54. The van der Waals surface area contributed by atoms with Crippen molar-refractivity contribution in [2.75, 3.05) is 6.61 Å². The summed E-state index contributed by atoms with van der Waals surface area (Å²) in [5.74, 6) is -0.970. The first kappa shape index (κ1) is 16.7. The Balaban J connectivity index is 3.08. The molecular formula is C9H8ClF3N2O4S. The van der Waals surface area contributed by atoms with Gasteiger partial charge in [-0.25, -0.2) is 8.42 Å². The number of primary amides is 1. The molecule has 0 fully saturated rings. The summed E-state index contributed by atoms with van der Waals surface area (Å²) in [5.41, 5.74) is 3.50. The van der Waals surface area contributed by atoms with E-state index in [1.165, 1.54) is 4.89 Å². The van der Waals surface area contributed by atoms with Gasteiger partial charge in [-0.3, -0.25) is 9.63 Å². The lowest BCUT2D eigenvalue weighted by Crippen LogP contribution is -2.29. The van der Waals surface area contributed by atoms with Crippen LogP contribution in [0.4, 0.5) is 13.2 Å². The van der Waals surface area contributed by atoms with Crippen LogP contribution in [0.3, 0.4) is 0 Å². The number of rotatable bonds is 5. The fourth-order valence-electron chi connectivity index (χ4n) is 1.11. The number of hydrogen-bond acceptors (Lipinski definition) is 4. The van der Waals surface area contributed by atoms with Gasteiger partial charge in [-0.1, -0.05) is 16.5 Å². The number of nitrogens with two attached hydrogens (primary N) is 1. The van der Waals surface area contributed by atoms with Crippen molar-refractivity contribution in [1.29, 1.82) is 0 Å². The predicted octanol–water partition coefficient (Wildman–Crippen LogP) is 1.05. The molecule has 0 aliphatic rings. The lowest BCUT2D eigenvalue weighted by molar-refractivity contribution is -0.137. The zero-order chi connectivity index (χ0) is 15.6. The lowest BCUT2D eigenvalue weighted by Gasteiger charge is -2.11. The van der Waals surface area contributed by atoms with Gasteiger partial charge < -0.3 is 5.73 Å². The summed E-state index contributed by atoms with van der Waals surface area (Å²) in [6.07, 6.45) is -4.73. The van der Waals surface area contributed by atoms with Crippen LogP contribution in [0.2, 0.25) is 5.02 Å². The van der Waals surface area contributed by atoms with E-state index in [1.807, 2.05) is 0 Å². The van der Waals surface area contributed by atoms with Crippen LogP contribution in [-0.2, 0) is 25.8 Å². The summed E-state index contributed by atoms with van der Waals surface area (Å²) in [6, 6.07) is 1.76. The molecule has 1 aromatic rings. The van der Waals surface area contributed by atoms with Crippen molar-refractivity contribution in [3.63, 3.8) is 0 Å². The molecule has 0 radical (unpaired) electrons. The van der Waals surface area contributed by atoms with Gasteiger partial charge in [0, 0.05) is 0 Å². The molecule has 0 spiro atoms. The molecule has 0 saturated carbocycles. The number of amides is 1. The predicted molar refractivity (Wildman–Crippen MR) is 61.9 cm³/mol. The Morgan fingerprint density at radius 2 is 2.00 bits per heavy atom. The lowest BCUT2D eigenvalue weighted by atomic mass is 10.2. The third kappa shape index (κ3) is 4.34. The monoisotopic (exact) mass is 332 g/mol.